The van der Waals surface area contributed by atoms with Crippen LogP contribution in [0.3, 0.4) is 0 Å². The lowest BCUT2D eigenvalue weighted by Gasteiger charge is -2.21. The Bertz CT molecular complexity index is 1410. The lowest BCUT2D eigenvalue weighted by atomic mass is 10.1. The molecule has 2 fully saturated rings. The Balaban J connectivity index is 0.00000158. The number of nitrogens with zero attached hydrogens (tertiary/aromatic N) is 5. The molecule has 8 nitrogen and oxygen atoms in total. The van der Waals surface area contributed by atoms with Crippen LogP contribution < -0.4 is 5.32 Å². The van der Waals surface area contributed by atoms with E-state index in [1.54, 1.807) is 6.33 Å². The van der Waals surface area contributed by atoms with Crippen molar-refractivity contribution in [3.63, 3.8) is 0 Å². The summed E-state index contributed by atoms with van der Waals surface area (Å²) in [5, 5.41) is 11.6. The predicted octanol–water partition coefficient (Wildman–Crippen LogP) is 5.81. The van der Waals surface area contributed by atoms with E-state index < -0.39 is 11.7 Å². The quantitative estimate of drug-likeness (QED) is 0.213. The SMILES string of the molecule is CN(CCCCc1nc2ccc(C(F)(F)F)cc2[nH]1)C[C@@H]1CC[C@H](n2ccc3c(NC4CC4)ncnc32)C1.CO. The summed E-state index contributed by atoms with van der Waals surface area (Å²) in [6.07, 6.45) is 8.17. The van der Waals surface area contributed by atoms with Gasteiger partial charge in [-0.05, 0) is 88.7 Å². The molecular formula is C29H38F3N7O. The van der Waals surface area contributed by atoms with Crippen molar-refractivity contribution in [2.24, 2.45) is 5.92 Å². The van der Waals surface area contributed by atoms with E-state index in [1.807, 2.05) is 0 Å². The van der Waals surface area contributed by atoms with Crippen LogP contribution in [-0.2, 0) is 12.6 Å². The molecular weight excluding hydrogens is 519 g/mol. The molecule has 216 valence electrons. The highest BCUT2D eigenvalue weighted by Crippen LogP contribution is 2.38. The summed E-state index contributed by atoms with van der Waals surface area (Å²) >= 11 is 0. The highest BCUT2D eigenvalue weighted by molar-refractivity contribution is 5.87. The standard InChI is InChI=1S/C28H34F3N7.CH4O/c1-37(12-3-2-4-25-35-23-10-6-19(28(29,30)31)15-24(23)36-25)16-18-5-9-21(14-18)38-13-11-22-26(34-20-7-8-20)32-17-33-27(22)38;1-2/h6,10-11,13,15,17-18,20-21H,2-5,7-9,12,14,16H2,1H3,(H,35,36)(H,32,33,34);2H,1H3/t18-,21+;/m1./s1. The van der Waals surface area contributed by atoms with Crippen molar-refractivity contribution in [2.45, 2.75) is 69.6 Å². The van der Waals surface area contributed by atoms with Crippen molar-refractivity contribution < 1.29 is 18.3 Å². The third-order valence-corrected chi connectivity index (χ3v) is 7.97. The zero-order valence-electron chi connectivity index (χ0n) is 23.1. The van der Waals surface area contributed by atoms with Crippen LogP contribution >= 0.6 is 0 Å². The fourth-order valence-corrected chi connectivity index (χ4v) is 5.83. The van der Waals surface area contributed by atoms with Crippen molar-refractivity contribution in [1.82, 2.24) is 29.4 Å². The van der Waals surface area contributed by atoms with Crippen LogP contribution in [0.5, 0.6) is 0 Å². The van der Waals surface area contributed by atoms with Crippen LogP contribution in [0.1, 0.15) is 62.4 Å². The third-order valence-electron chi connectivity index (χ3n) is 7.97. The molecule has 0 bridgehead atoms. The highest BCUT2D eigenvalue weighted by Gasteiger charge is 2.31. The molecule has 2 aliphatic rings. The fraction of sp³-hybridized carbons (Fsp3) is 0.552. The second-order valence-electron chi connectivity index (χ2n) is 11.1. The molecule has 0 aliphatic heterocycles. The molecule has 0 spiro atoms. The number of alkyl halides is 3. The molecule has 1 aromatic carbocycles. The van der Waals surface area contributed by atoms with Gasteiger partial charge in [-0.25, -0.2) is 15.0 Å². The summed E-state index contributed by atoms with van der Waals surface area (Å²) in [5.41, 5.74) is 1.41. The number of aromatic amines is 1. The van der Waals surface area contributed by atoms with E-state index in [1.165, 1.54) is 31.7 Å². The van der Waals surface area contributed by atoms with Gasteiger partial charge in [0, 0.05) is 38.4 Å². The number of rotatable bonds is 10. The molecule has 11 heteroatoms. The van der Waals surface area contributed by atoms with Crippen LogP contribution in [0.25, 0.3) is 22.1 Å². The van der Waals surface area contributed by atoms with Crippen LogP contribution in [0.15, 0.2) is 36.8 Å². The minimum atomic E-state index is -4.34. The van der Waals surface area contributed by atoms with Crippen LogP contribution in [0, 0.1) is 5.92 Å². The Hall–Kier alpha value is -3.18. The minimum absolute atomic E-state index is 0.445. The van der Waals surface area contributed by atoms with Gasteiger partial charge < -0.3 is 24.9 Å². The summed E-state index contributed by atoms with van der Waals surface area (Å²) in [5.74, 6) is 2.37. The molecule has 4 aromatic rings. The lowest BCUT2D eigenvalue weighted by molar-refractivity contribution is -0.137. The Labute approximate surface area is 232 Å². The number of anilines is 1. The number of hydrogen-bond acceptors (Lipinski definition) is 6. The number of hydrogen-bond donors (Lipinski definition) is 3. The first-order valence-corrected chi connectivity index (χ1v) is 14.1. The van der Waals surface area contributed by atoms with Gasteiger partial charge in [-0.1, -0.05) is 0 Å². The van der Waals surface area contributed by atoms with Gasteiger partial charge in [0.15, 0.2) is 0 Å². The predicted molar refractivity (Wildman–Crippen MR) is 150 cm³/mol. The van der Waals surface area contributed by atoms with Crippen molar-refractivity contribution in [3.8, 4) is 0 Å². The van der Waals surface area contributed by atoms with Gasteiger partial charge in [-0.15, -0.1) is 0 Å². The van der Waals surface area contributed by atoms with Crippen LogP contribution in [-0.4, -0.2) is 67.8 Å². The maximum Gasteiger partial charge on any atom is 0.416 e. The average molecular weight is 558 g/mol. The van der Waals surface area contributed by atoms with E-state index in [-0.39, 0.29) is 0 Å². The monoisotopic (exact) mass is 557 g/mol. The largest absolute Gasteiger partial charge is 0.416 e. The maximum absolute atomic E-state index is 13.0. The summed E-state index contributed by atoms with van der Waals surface area (Å²) < 4.78 is 41.2. The number of imidazole rings is 1. The average Bonchev–Trinajstić information content (AvgIpc) is 3.29. The lowest BCUT2D eigenvalue weighted by Crippen LogP contribution is -2.26. The number of H-pyrrole nitrogens is 1. The summed E-state index contributed by atoms with van der Waals surface area (Å²) in [6.45, 7) is 2.07. The van der Waals surface area contributed by atoms with Gasteiger partial charge in [0.2, 0.25) is 0 Å². The normalized spacial score (nSPS) is 19.4. The number of unbranched alkanes of at least 4 members (excludes halogenated alkanes) is 1. The van der Waals surface area contributed by atoms with Crippen molar-refractivity contribution in [3.05, 3.63) is 48.2 Å². The maximum atomic E-state index is 13.0. The molecule has 3 heterocycles. The van der Waals surface area contributed by atoms with Crippen molar-refractivity contribution in [2.75, 3.05) is 32.6 Å². The van der Waals surface area contributed by atoms with Gasteiger partial charge in [0.25, 0.3) is 0 Å². The van der Waals surface area contributed by atoms with E-state index in [4.69, 9.17) is 5.11 Å². The second kappa shape index (κ2) is 12.1. The van der Waals surface area contributed by atoms with Gasteiger partial charge in [-0.3, -0.25) is 0 Å². The zero-order chi connectivity index (χ0) is 28.3. The van der Waals surface area contributed by atoms with Crippen LogP contribution in [0.2, 0.25) is 0 Å². The Morgan fingerprint density at radius 2 is 1.93 bits per heavy atom. The third kappa shape index (κ3) is 6.58. The number of aliphatic hydroxyl groups excluding tert-OH is 1. The summed E-state index contributed by atoms with van der Waals surface area (Å²) in [6, 6.07) is 6.85. The molecule has 0 unspecified atom stereocenters. The molecule has 0 saturated heterocycles. The first-order chi connectivity index (χ1) is 19.3. The molecule has 2 atom stereocenters. The molecule has 0 radical (unpaired) electrons. The highest BCUT2D eigenvalue weighted by atomic mass is 19.4. The molecule has 2 aliphatic carbocycles. The number of nitrogens with one attached hydrogen (secondary N) is 2. The van der Waals surface area contributed by atoms with Gasteiger partial charge in [-0.2, -0.15) is 13.2 Å². The van der Waals surface area contributed by atoms with E-state index in [0.717, 1.165) is 80.7 Å². The number of aromatic nitrogens is 5. The number of benzene rings is 1. The number of fused-ring (bicyclic) bond motifs is 2. The number of halogens is 3. The Morgan fingerprint density at radius 3 is 2.70 bits per heavy atom. The topological polar surface area (TPSA) is 94.9 Å². The van der Waals surface area contributed by atoms with E-state index in [0.29, 0.717) is 29.0 Å². The first kappa shape index (κ1) is 28.4. The second-order valence-corrected chi connectivity index (χ2v) is 11.1. The van der Waals surface area contributed by atoms with E-state index >= 15 is 0 Å². The smallest absolute Gasteiger partial charge is 0.400 e. The number of aryl methyl sites for hydroxylation is 1. The molecule has 0 amide bonds. The van der Waals surface area contributed by atoms with Crippen molar-refractivity contribution >= 4 is 27.9 Å². The van der Waals surface area contributed by atoms with E-state index in [2.05, 4.69) is 54.0 Å². The minimum Gasteiger partial charge on any atom is -0.400 e. The molecule has 3 aromatic heterocycles. The fourth-order valence-electron chi connectivity index (χ4n) is 5.83. The molecule has 40 heavy (non-hydrogen) atoms. The van der Waals surface area contributed by atoms with Gasteiger partial charge in [0.1, 0.15) is 23.6 Å². The molecule has 2 saturated carbocycles. The van der Waals surface area contributed by atoms with Crippen molar-refractivity contribution in [1.29, 1.82) is 0 Å². The number of aliphatic hydroxyl groups is 1. The van der Waals surface area contributed by atoms with Gasteiger partial charge >= 0.3 is 6.18 Å². The van der Waals surface area contributed by atoms with Crippen LogP contribution in [0.4, 0.5) is 19.0 Å². The zero-order valence-corrected chi connectivity index (χ0v) is 23.1. The summed E-state index contributed by atoms with van der Waals surface area (Å²) in [4.78, 5) is 19.0. The Kier molecular flexibility index (Phi) is 8.60. The Morgan fingerprint density at radius 1 is 1.10 bits per heavy atom. The molecule has 3 N–H and O–H groups in total. The summed E-state index contributed by atoms with van der Waals surface area (Å²) in [7, 11) is 3.18. The molecule has 6 rings (SSSR count). The first-order valence-electron chi connectivity index (χ1n) is 14.1. The van der Waals surface area contributed by atoms with Gasteiger partial charge in [0.05, 0.1) is 22.0 Å². The van der Waals surface area contributed by atoms with E-state index in [9.17, 15) is 13.2 Å².